The van der Waals surface area contributed by atoms with E-state index in [9.17, 15) is 4.79 Å². The maximum absolute atomic E-state index is 11.4. The fraction of sp³-hybridized carbons (Fsp3) is 0.111. The van der Waals surface area contributed by atoms with Gasteiger partial charge in [0.05, 0.1) is 17.1 Å². The van der Waals surface area contributed by atoms with Gasteiger partial charge in [-0.25, -0.2) is 4.79 Å². The summed E-state index contributed by atoms with van der Waals surface area (Å²) in [6, 6.07) is 6.99. The van der Waals surface area contributed by atoms with Gasteiger partial charge in [0.1, 0.15) is 6.54 Å². The zero-order chi connectivity index (χ0) is 10.1. The van der Waals surface area contributed by atoms with E-state index in [1.165, 1.54) is 4.57 Å². The highest BCUT2D eigenvalue weighted by molar-refractivity contribution is 6.31. The molecule has 70 valence electrons. The Hall–Kier alpha value is -1.73. The average molecular weight is 208 g/mol. The van der Waals surface area contributed by atoms with Gasteiger partial charge in [0.15, 0.2) is 0 Å². The van der Waals surface area contributed by atoms with Crippen molar-refractivity contribution < 1.29 is 0 Å². The zero-order valence-corrected chi connectivity index (χ0v) is 7.88. The number of hydrogen-bond acceptors (Lipinski definition) is 2. The van der Waals surface area contributed by atoms with Crippen molar-refractivity contribution in [3.8, 4) is 6.07 Å². The fourth-order valence-corrected chi connectivity index (χ4v) is 1.52. The van der Waals surface area contributed by atoms with Crippen LogP contribution in [0, 0.1) is 11.3 Å². The molecule has 1 heterocycles. The number of nitrogens with zero attached hydrogens (tertiary/aromatic N) is 2. The normalized spacial score (nSPS) is 10.3. The third kappa shape index (κ3) is 1.28. The summed E-state index contributed by atoms with van der Waals surface area (Å²) in [4.78, 5) is 14.0. The van der Waals surface area contributed by atoms with Gasteiger partial charge < -0.3 is 4.98 Å². The van der Waals surface area contributed by atoms with E-state index in [-0.39, 0.29) is 12.2 Å². The number of nitrogens with one attached hydrogen (secondary N) is 1. The largest absolute Gasteiger partial charge is 0.327 e. The molecule has 0 aliphatic heterocycles. The van der Waals surface area contributed by atoms with Crippen LogP contribution in [0.5, 0.6) is 0 Å². The van der Waals surface area contributed by atoms with Gasteiger partial charge in [-0.2, -0.15) is 5.26 Å². The second-order valence-corrected chi connectivity index (χ2v) is 3.27. The summed E-state index contributed by atoms with van der Waals surface area (Å²) in [5.74, 6) is 0. The average Bonchev–Trinajstić information content (AvgIpc) is 2.45. The lowest BCUT2D eigenvalue weighted by molar-refractivity contribution is 0.817. The van der Waals surface area contributed by atoms with Crippen LogP contribution in [0.4, 0.5) is 0 Å². The number of rotatable bonds is 1. The number of H-pyrrole nitrogens is 1. The quantitative estimate of drug-likeness (QED) is 0.771. The second-order valence-electron chi connectivity index (χ2n) is 2.84. The second kappa shape index (κ2) is 3.20. The molecule has 0 aliphatic carbocycles. The summed E-state index contributed by atoms with van der Waals surface area (Å²) in [6.45, 7) is 0.0270. The monoisotopic (exact) mass is 207 g/mol. The molecule has 0 fully saturated rings. The van der Waals surface area contributed by atoms with Crippen LogP contribution in [-0.4, -0.2) is 9.55 Å². The molecule has 0 aliphatic rings. The molecule has 2 aromatic rings. The fourth-order valence-electron chi connectivity index (χ4n) is 1.35. The first-order valence-corrected chi connectivity index (χ1v) is 4.35. The minimum absolute atomic E-state index is 0.0270. The van der Waals surface area contributed by atoms with Crippen LogP contribution in [0.25, 0.3) is 11.0 Å². The van der Waals surface area contributed by atoms with Crippen molar-refractivity contribution in [3.05, 3.63) is 33.7 Å². The van der Waals surface area contributed by atoms with Gasteiger partial charge in [0.2, 0.25) is 0 Å². The van der Waals surface area contributed by atoms with Crippen molar-refractivity contribution in [1.29, 1.82) is 5.26 Å². The first-order chi connectivity index (χ1) is 6.72. The Bertz CT molecular complexity index is 576. The third-order valence-corrected chi connectivity index (χ3v) is 2.20. The Balaban J connectivity index is 2.81. The Morgan fingerprint density at radius 1 is 1.57 bits per heavy atom. The van der Waals surface area contributed by atoms with Gasteiger partial charge in [-0.3, -0.25) is 4.57 Å². The summed E-state index contributed by atoms with van der Waals surface area (Å²) in [5.41, 5.74) is 1.06. The van der Waals surface area contributed by atoms with Gasteiger partial charge in [-0.15, -0.1) is 0 Å². The molecule has 1 aromatic carbocycles. The molecule has 4 nitrogen and oxygen atoms in total. The lowest BCUT2D eigenvalue weighted by atomic mass is 10.3. The molecule has 1 aromatic heterocycles. The maximum atomic E-state index is 11.4. The van der Waals surface area contributed by atoms with Crippen molar-refractivity contribution >= 4 is 22.6 Å². The van der Waals surface area contributed by atoms with Crippen LogP contribution in [0.1, 0.15) is 0 Å². The molecule has 2 rings (SSSR count). The number of aromatic amines is 1. The number of hydrogen-bond donors (Lipinski definition) is 1. The van der Waals surface area contributed by atoms with E-state index in [2.05, 4.69) is 4.98 Å². The van der Waals surface area contributed by atoms with Crippen molar-refractivity contribution in [1.82, 2.24) is 9.55 Å². The van der Waals surface area contributed by atoms with Crippen molar-refractivity contribution in [2.24, 2.45) is 0 Å². The highest BCUT2D eigenvalue weighted by Gasteiger charge is 2.05. The van der Waals surface area contributed by atoms with Crippen LogP contribution < -0.4 is 5.69 Å². The van der Waals surface area contributed by atoms with E-state index in [0.29, 0.717) is 16.1 Å². The number of nitriles is 1. The van der Waals surface area contributed by atoms with Crippen molar-refractivity contribution in [2.45, 2.75) is 6.54 Å². The molecule has 0 atom stereocenters. The van der Waals surface area contributed by atoms with Crippen LogP contribution in [0.3, 0.4) is 0 Å². The van der Waals surface area contributed by atoms with Gasteiger partial charge in [0, 0.05) is 5.02 Å². The smallest absolute Gasteiger partial charge is 0.306 e. The minimum atomic E-state index is -0.288. The summed E-state index contributed by atoms with van der Waals surface area (Å²) in [6.07, 6.45) is 0. The van der Waals surface area contributed by atoms with Crippen molar-refractivity contribution in [3.63, 3.8) is 0 Å². The standard InChI is InChI=1S/C9H6ClN3O/c10-6-1-2-7-8(5-6)13(4-3-11)9(14)12-7/h1-2,5H,4H2,(H,12,14). The SMILES string of the molecule is N#CCn1c(=O)[nH]c2ccc(Cl)cc21. The molecule has 0 spiro atoms. The Labute approximate surface area is 84.3 Å². The van der Waals surface area contributed by atoms with Crippen molar-refractivity contribution in [2.75, 3.05) is 0 Å². The third-order valence-electron chi connectivity index (χ3n) is 1.97. The Morgan fingerprint density at radius 3 is 3.07 bits per heavy atom. The van der Waals surface area contributed by atoms with Gasteiger partial charge in [-0.1, -0.05) is 11.6 Å². The van der Waals surface area contributed by atoms with E-state index in [1.807, 2.05) is 6.07 Å². The van der Waals surface area contributed by atoms with Gasteiger partial charge in [0.25, 0.3) is 0 Å². The molecule has 0 saturated heterocycles. The summed E-state index contributed by atoms with van der Waals surface area (Å²) in [7, 11) is 0. The molecular weight excluding hydrogens is 202 g/mol. The predicted molar refractivity (Wildman–Crippen MR) is 53.2 cm³/mol. The van der Waals surface area contributed by atoms with Gasteiger partial charge >= 0.3 is 5.69 Å². The molecular formula is C9H6ClN3O. The highest BCUT2D eigenvalue weighted by Crippen LogP contribution is 2.16. The number of aromatic nitrogens is 2. The summed E-state index contributed by atoms with van der Waals surface area (Å²) in [5, 5.41) is 9.08. The highest BCUT2D eigenvalue weighted by atomic mass is 35.5. The lowest BCUT2D eigenvalue weighted by Crippen LogP contribution is -2.15. The topological polar surface area (TPSA) is 61.6 Å². The Kier molecular flexibility index (Phi) is 2.02. The summed E-state index contributed by atoms with van der Waals surface area (Å²) < 4.78 is 1.35. The molecule has 0 saturated carbocycles. The van der Waals surface area contributed by atoms with E-state index in [4.69, 9.17) is 16.9 Å². The molecule has 0 bridgehead atoms. The number of fused-ring (bicyclic) bond motifs is 1. The molecule has 14 heavy (non-hydrogen) atoms. The summed E-state index contributed by atoms with van der Waals surface area (Å²) >= 11 is 5.79. The molecule has 5 heteroatoms. The van der Waals surface area contributed by atoms with E-state index in [0.717, 1.165) is 0 Å². The Morgan fingerprint density at radius 2 is 2.36 bits per heavy atom. The zero-order valence-electron chi connectivity index (χ0n) is 7.12. The van der Waals surface area contributed by atoms with Gasteiger partial charge in [-0.05, 0) is 18.2 Å². The maximum Gasteiger partial charge on any atom is 0.327 e. The van der Waals surface area contributed by atoms with Crippen LogP contribution in [0.2, 0.25) is 5.02 Å². The van der Waals surface area contributed by atoms with Crippen LogP contribution >= 0.6 is 11.6 Å². The number of benzene rings is 1. The van der Waals surface area contributed by atoms with Crippen LogP contribution in [-0.2, 0) is 6.54 Å². The molecule has 0 amide bonds. The van der Waals surface area contributed by atoms with E-state index < -0.39 is 0 Å². The first kappa shape index (κ1) is 8.85. The van der Waals surface area contributed by atoms with E-state index in [1.54, 1.807) is 18.2 Å². The lowest BCUT2D eigenvalue weighted by Gasteiger charge is -1.95. The minimum Gasteiger partial charge on any atom is -0.306 e. The van der Waals surface area contributed by atoms with E-state index >= 15 is 0 Å². The number of imidazole rings is 1. The van der Waals surface area contributed by atoms with Crippen LogP contribution in [0.15, 0.2) is 23.0 Å². The predicted octanol–water partition coefficient (Wildman–Crippen LogP) is 1.51. The first-order valence-electron chi connectivity index (χ1n) is 3.97. The molecule has 0 unspecified atom stereocenters. The molecule has 0 radical (unpaired) electrons. The molecule has 1 N–H and O–H groups in total. The number of halogens is 1.